The average Bonchev–Trinajstić information content (AvgIpc) is 3.11. The van der Waals surface area contributed by atoms with E-state index in [2.05, 4.69) is 6.58 Å². The van der Waals surface area contributed by atoms with Gasteiger partial charge in [0.05, 0.1) is 12.2 Å². The van der Waals surface area contributed by atoms with Crippen molar-refractivity contribution < 1.29 is 29.3 Å². The molecule has 0 amide bonds. The van der Waals surface area contributed by atoms with Crippen molar-refractivity contribution in [3.05, 3.63) is 35.5 Å². The number of carbonyl (C=O) groups is 2. The Morgan fingerprint density at radius 1 is 1.46 bits per heavy atom. The number of aliphatic hydroxyl groups is 2. The van der Waals surface area contributed by atoms with Crippen LogP contribution in [-0.2, 0) is 19.1 Å². The molecule has 1 saturated carbocycles. The van der Waals surface area contributed by atoms with E-state index in [0.29, 0.717) is 24.0 Å². The third-order valence-corrected chi connectivity index (χ3v) is 6.43. The van der Waals surface area contributed by atoms with Crippen LogP contribution >= 0.6 is 0 Å². The Bertz CT molecular complexity index is 705. The fraction of sp³-hybridized carbons (Fsp3) is 0.600. The molecule has 26 heavy (non-hydrogen) atoms. The van der Waals surface area contributed by atoms with Gasteiger partial charge in [0.15, 0.2) is 0 Å². The number of allylic oxidation sites excluding steroid dienone is 1. The molecule has 6 heteroatoms. The van der Waals surface area contributed by atoms with Gasteiger partial charge in [-0.15, -0.1) is 0 Å². The first-order chi connectivity index (χ1) is 12.2. The van der Waals surface area contributed by atoms with Crippen LogP contribution in [0.5, 0.6) is 0 Å². The number of carbonyl (C=O) groups excluding carboxylic acids is 2. The summed E-state index contributed by atoms with van der Waals surface area (Å²) in [6.45, 7) is 9.21. The Hall–Kier alpha value is -1.92. The minimum Gasteiger partial charge on any atom is -0.458 e. The Labute approximate surface area is 153 Å². The van der Waals surface area contributed by atoms with E-state index < -0.39 is 23.6 Å². The van der Waals surface area contributed by atoms with E-state index in [0.717, 1.165) is 5.57 Å². The highest BCUT2D eigenvalue weighted by Gasteiger charge is 2.59. The zero-order valence-electron chi connectivity index (χ0n) is 15.4. The van der Waals surface area contributed by atoms with Crippen LogP contribution in [0.25, 0.3) is 0 Å². The Kier molecular flexibility index (Phi) is 4.84. The molecule has 6 atom stereocenters. The number of hydrogen-bond acceptors (Lipinski definition) is 6. The highest BCUT2D eigenvalue weighted by Crippen LogP contribution is 2.59. The third kappa shape index (κ3) is 2.81. The molecule has 3 rings (SSSR count). The van der Waals surface area contributed by atoms with Crippen LogP contribution in [0.4, 0.5) is 0 Å². The smallest absolute Gasteiger partial charge is 0.334 e. The molecule has 0 aromatic carbocycles. The lowest BCUT2D eigenvalue weighted by Gasteiger charge is -2.45. The molecule has 0 aromatic heterocycles. The summed E-state index contributed by atoms with van der Waals surface area (Å²) in [5.74, 6) is -1.15. The van der Waals surface area contributed by atoms with Crippen molar-refractivity contribution >= 4 is 11.9 Å². The SMILES string of the molecule is C=C1C(=O)O[C@@H]2C[C@@]3(C[C@H]12)C(COC(=O)/C(C)=C\C)=C[C@H](O)[C@@H](O)[C@@H]3C. The van der Waals surface area contributed by atoms with E-state index in [1.165, 1.54) is 0 Å². The number of hydrogen-bond donors (Lipinski definition) is 2. The van der Waals surface area contributed by atoms with Crippen molar-refractivity contribution in [3.8, 4) is 0 Å². The minimum atomic E-state index is -1.02. The molecule has 0 unspecified atom stereocenters. The fourth-order valence-corrected chi connectivity index (χ4v) is 4.53. The molecule has 2 aliphatic carbocycles. The first-order valence-electron chi connectivity index (χ1n) is 8.98. The zero-order chi connectivity index (χ0) is 19.2. The van der Waals surface area contributed by atoms with Gasteiger partial charge in [0.25, 0.3) is 0 Å². The van der Waals surface area contributed by atoms with Crippen LogP contribution in [0.3, 0.4) is 0 Å². The lowest BCUT2D eigenvalue weighted by molar-refractivity contribution is -0.140. The van der Waals surface area contributed by atoms with Crippen LogP contribution in [0.1, 0.15) is 33.6 Å². The van der Waals surface area contributed by atoms with Crippen molar-refractivity contribution in [2.24, 2.45) is 17.3 Å². The van der Waals surface area contributed by atoms with Crippen molar-refractivity contribution in [2.45, 2.75) is 51.9 Å². The second-order valence-corrected chi connectivity index (χ2v) is 7.65. The van der Waals surface area contributed by atoms with E-state index in [-0.39, 0.29) is 30.5 Å². The second kappa shape index (κ2) is 6.67. The average molecular weight is 362 g/mol. The Balaban J connectivity index is 1.88. The normalized spacial score (nSPS) is 39.7. The standard InChI is InChI=1S/C20H26O6/c1-5-10(2)18(23)25-9-13-6-15(21)17(22)12(4)20(13)7-14-11(3)19(24)26-16(14)8-20/h5-6,12,14-17,21-22H,3,7-9H2,1-2,4H3/b10-5-/t12-,14+,15-,16+,17-,20+/m0/s1. The number of esters is 2. The predicted octanol–water partition coefficient (Wildman–Crippen LogP) is 1.67. The third-order valence-electron chi connectivity index (χ3n) is 6.43. The van der Waals surface area contributed by atoms with Gasteiger partial charge in [-0.2, -0.15) is 0 Å². The topological polar surface area (TPSA) is 93.1 Å². The monoisotopic (exact) mass is 362 g/mol. The maximum absolute atomic E-state index is 12.0. The van der Waals surface area contributed by atoms with E-state index in [1.54, 1.807) is 26.0 Å². The molecule has 0 bridgehead atoms. The lowest BCUT2D eigenvalue weighted by atomic mass is 9.62. The highest BCUT2D eigenvalue weighted by atomic mass is 16.6. The van der Waals surface area contributed by atoms with Crippen LogP contribution in [-0.4, -0.2) is 47.1 Å². The summed E-state index contributed by atoms with van der Waals surface area (Å²) in [6, 6.07) is 0. The molecule has 3 aliphatic rings. The molecule has 1 spiro atoms. The molecule has 0 radical (unpaired) electrons. The summed E-state index contributed by atoms with van der Waals surface area (Å²) in [5.41, 5.74) is 1.25. The van der Waals surface area contributed by atoms with Crippen LogP contribution in [0.15, 0.2) is 35.5 Å². The molecule has 0 aromatic rings. The van der Waals surface area contributed by atoms with Crippen LogP contribution in [0, 0.1) is 17.3 Å². The van der Waals surface area contributed by atoms with Crippen LogP contribution in [0.2, 0.25) is 0 Å². The van der Waals surface area contributed by atoms with E-state index in [9.17, 15) is 19.8 Å². The molecule has 2 fully saturated rings. The summed E-state index contributed by atoms with van der Waals surface area (Å²) < 4.78 is 10.9. The zero-order valence-corrected chi connectivity index (χ0v) is 15.4. The van der Waals surface area contributed by atoms with Gasteiger partial charge in [-0.1, -0.05) is 25.7 Å². The summed E-state index contributed by atoms with van der Waals surface area (Å²) >= 11 is 0. The molecule has 2 N–H and O–H groups in total. The first kappa shape index (κ1) is 18.9. The summed E-state index contributed by atoms with van der Waals surface area (Å²) in [7, 11) is 0. The lowest BCUT2D eigenvalue weighted by Crippen LogP contribution is -2.47. The van der Waals surface area contributed by atoms with Crippen molar-refractivity contribution in [1.82, 2.24) is 0 Å². The van der Waals surface area contributed by atoms with Crippen molar-refractivity contribution in [1.29, 1.82) is 0 Å². The van der Waals surface area contributed by atoms with E-state index in [4.69, 9.17) is 9.47 Å². The molecule has 1 heterocycles. The minimum absolute atomic E-state index is 0.0397. The summed E-state index contributed by atoms with van der Waals surface area (Å²) in [6.07, 6.45) is 2.16. The quantitative estimate of drug-likeness (QED) is 0.451. The Morgan fingerprint density at radius 3 is 2.77 bits per heavy atom. The molecule has 1 saturated heterocycles. The number of rotatable bonds is 3. The van der Waals surface area contributed by atoms with Gasteiger partial charge in [-0.05, 0) is 38.2 Å². The van der Waals surface area contributed by atoms with Gasteiger partial charge >= 0.3 is 11.9 Å². The highest BCUT2D eigenvalue weighted by molar-refractivity contribution is 5.91. The van der Waals surface area contributed by atoms with Gasteiger partial charge in [0.1, 0.15) is 12.7 Å². The summed E-state index contributed by atoms with van der Waals surface area (Å²) in [4.78, 5) is 23.8. The van der Waals surface area contributed by atoms with Gasteiger partial charge in [0, 0.05) is 22.5 Å². The van der Waals surface area contributed by atoms with Gasteiger partial charge < -0.3 is 19.7 Å². The van der Waals surface area contributed by atoms with E-state index in [1.807, 2.05) is 6.92 Å². The summed E-state index contributed by atoms with van der Waals surface area (Å²) in [5, 5.41) is 20.6. The van der Waals surface area contributed by atoms with Gasteiger partial charge in [-0.3, -0.25) is 0 Å². The molecule has 6 nitrogen and oxygen atoms in total. The largest absolute Gasteiger partial charge is 0.458 e. The fourth-order valence-electron chi connectivity index (χ4n) is 4.53. The maximum Gasteiger partial charge on any atom is 0.334 e. The molecule has 1 aliphatic heterocycles. The van der Waals surface area contributed by atoms with Crippen LogP contribution < -0.4 is 0 Å². The first-order valence-corrected chi connectivity index (χ1v) is 8.98. The predicted molar refractivity (Wildman–Crippen MR) is 93.8 cm³/mol. The van der Waals surface area contributed by atoms with Gasteiger partial charge in [0.2, 0.25) is 0 Å². The Morgan fingerprint density at radius 2 is 2.15 bits per heavy atom. The second-order valence-electron chi connectivity index (χ2n) is 7.65. The molecular weight excluding hydrogens is 336 g/mol. The van der Waals surface area contributed by atoms with Gasteiger partial charge in [-0.25, -0.2) is 9.59 Å². The van der Waals surface area contributed by atoms with Crippen molar-refractivity contribution in [3.63, 3.8) is 0 Å². The van der Waals surface area contributed by atoms with E-state index >= 15 is 0 Å². The molecular formula is C20H26O6. The van der Waals surface area contributed by atoms with Crippen molar-refractivity contribution in [2.75, 3.05) is 6.61 Å². The molecule has 142 valence electrons. The number of ether oxygens (including phenoxy) is 2. The number of aliphatic hydroxyl groups excluding tert-OH is 2. The maximum atomic E-state index is 12.0. The number of fused-ring (bicyclic) bond motifs is 1.